The van der Waals surface area contributed by atoms with E-state index in [1.165, 1.54) is 17.0 Å². The Balaban J connectivity index is 1.48. The number of hydrogen-bond acceptors (Lipinski definition) is 4. The topological polar surface area (TPSA) is 66.5 Å². The molecule has 3 aromatic rings. The zero-order chi connectivity index (χ0) is 19.8. The van der Waals surface area contributed by atoms with Gasteiger partial charge in [0.25, 0.3) is 5.91 Å². The number of nitrogens with zero attached hydrogens (tertiary/aromatic N) is 1. The van der Waals surface area contributed by atoms with Crippen molar-refractivity contribution < 1.29 is 18.8 Å². The Hall–Kier alpha value is -2.77. The number of halogens is 2. The van der Waals surface area contributed by atoms with Crippen molar-refractivity contribution in [3.63, 3.8) is 0 Å². The van der Waals surface area contributed by atoms with Crippen LogP contribution in [0.1, 0.15) is 28.1 Å². The predicted octanol–water partition coefficient (Wildman–Crippen LogP) is 4.60. The molecule has 3 amide bonds. The Labute approximate surface area is 168 Å². The second-order valence-corrected chi connectivity index (χ2v) is 7.84. The normalized spacial score (nSPS) is 14.1. The highest BCUT2D eigenvalue weighted by Crippen LogP contribution is 2.36. The first-order valence-corrected chi connectivity index (χ1v) is 9.73. The Morgan fingerprint density at radius 1 is 1.11 bits per heavy atom. The van der Waals surface area contributed by atoms with Crippen molar-refractivity contribution in [2.75, 3.05) is 5.32 Å². The summed E-state index contributed by atoms with van der Waals surface area (Å²) in [7, 11) is 0. The summed E-state index contributed by atoms with van der Waals surface area (Å²) in [6.45, 7) is 0.222. The van der Waals surface area contributed by atoms with Crippen LogP contribution < -0.4 is 5.32 Å². The molecular weight excluding hydrogens is 403 g/mol. The van der Waals surface area contributed by atoms with E-state index in [1.54, 1.807) is 30.3 Å². The van der Waals surface area contributed by atoms with Crippen LogP contribution >= 0.6 is 22.9 Å². The molecule has 1 N–H and O–H groups in total. The van der Waals surface area contributed by atoms with E-state index >= 15 is 0 Å². The maximum absolute atomic E-state index is 13.4. The van der Waals surface area contributed by atoms with Crippen molar-refractivity contribution in [1.82, 2.24) is 4.90 Å². The van der Waals surface area contributed by atoms with Gasteiger partial charge in [-0.1, -0.05) is 23.7 Å². The minimum absolute atomic E-state index is 0.168. The van der Waals surface area contributed by atoms with Crippen LogP contribution in [-0.2, 0) is 16.1 Å². The maximum Gasteiger partial charge on any atom is 0.267 e. The highest BCUT2D eigenvalue weighted by Gasteiger charge is 2.28. The highest BCUT2D eigenvalue weighted by atomic mass is 35.5. The molecule has 0 bridgehead atoms. The van der Waals surface area contributed by atoms with E-state index in [2.05, 4.69) is 5.32 Å². The lowest BCUT2D eigenvalue weighted by atomic mass is 10.2. The Kier molecular flexibility index (Phi) is 4.87. The fourth-order valence-electron chi connectivity index (χ4n) is 3.05. The van der Waals surface area contributed by atoms with Gasteiger partial charge in [0.05, 0.1) is 11.6 Å². The highest BCUT2D eigenvalue weighted by molar-refractivity contribution is 7.21. The largest absolute Gasteiger partial charge is 0.321 e. The Morgan fingerprint density at radius 3 is 2.46 bits per heavy atom. The molecule has 5 nitrogen and oxygen atoms in total. The standard InChI is InChI=1S/C20H14ClFN2O3S/c21-18-14-6-3-12(22)9-15(14)28-19(18)20(27)23-13-4-1-11(2-5-13)10-24-16(25)7-8-17(24)26/h1-6,9H,7-8,10H2,(H,23,27). The quantitative estimate of drug-likeness (QED) is 0.632. The first kappa shape index (κ1) is 18.6. The molecule has 1 fully saturated rings. The molecule has 0 unspecified atom stereocenters. The van der Waals surface area contributed by atoms with E-state index in [0.717, 1.165) is 16.9 Å². The lowest BCUT2D eigenvalue weighted by Gasteiger charge is -2.14. The van der Waals surface area contributed by atoms with E-state index in [1.807, 2.05) is 0 Å². The van der Waals surface area contributed by atoms with Crippen LogP contribution in [0, 0.1) is 5.82 Å². The van der Waals surface area contributed by atoms with Gasteiger partial charge in [-0.05, 0) is 35.9 Å². The van der Waals surface area contributed by atoms with E-state index in [9.17, 15) is 18.8 Å². The summed E-state index contributed by atoms with van der Waals surface area (Å²) in [5, 5.41) is 3.68. The summed E-state index contributed by atoms with van der Waals surface area (Å²) in [6, 6.07) is 11.1. The van der Waals surface area contributed by atoms with E-state index < -0.39 is 0 Å². The van der Waals surface area contributed by atoms with Crippen LogP contribution in [0.5, 0.6) is 0 Å². The second-order valence-electron chi connectivity index (χ2n) is 6.41. The molecule has 0 spiro atoms. The molecule has 1 saturated heterocycles. The number of likely N-dealkylation sites (tertiary alicyclic amines) is 1. The van der Waals surface area contributed by atoms with Gasteiger partial charge in [0.15, 0.2) is 0 Å². The third kappa shape index (κ3) is 3.50. The molecular formula is C20H14ClFN2O3S. The van der Waals surface area contributed by atoms with Gasteiger partial charge >= 0.3 is 0 Å². The molecule has 1 aromatic heterocycles. The molecule has 8 heteroatoms. The SMILES string of the molecule is O=C(Nc1ccc(CN2C(=O)CCC2=O)cc1)c1sc2cc(F)ccc2c1Cl. The molecule has 0 atom stereocenters. The lowest BCUT2D eigenvalue weighted by molar-refractivity contribution is -0.139. The number of hydrogen-bond donors (Lipinski definition) is 1. The number of benzene rings is 2. The summed E-state index contributed by atoms with van der Waals surface area (Å²) < 4.78 is 14.0. The van der Waals surface area contributed by atoms with Crippen LogP contribution in [0.3, 0.4) is 0 Å². The Bertz CT molecular complexity index is 1090. The van der Waals surface area contributed by atoms with Crippen molar-refractivity contribution >= 4 is 56.4 Å². The second kappa shape index (κ2) is 7.33. The minimum atomic E-state index is -0.386. The fraction of sp³-hybridized carbons (Fsp3) is 0.150. The van der Waals surface area contributed by atoms with Gasteiger partial charge < -0.3 is 5.32 Å². The fourth-order valence-corrected chi connectivity index (χ4v) is 4.49. The van der Waals surface area contributed by atoms with Gasteiger partial charge in [-0.2, -0.15) is 0 Å². The summed E-state index contributed by atoms with van der Waals surface area (Å²) in [5.41, 5.74) is 1.34. The van der Waals surface area contributed by atoms with Crippen molar-refractivity contribution in [3.05, 3.63) is 63.7 Å². The molecule has 1 aliphatic heterocycles. The van der Waals surface area contributed by atoms with Crippen LogP contribution in [0.25, 0.3) is 10.1 Å². The predicted molar refractivity (Wildman–Crippen MR) is 106 cm³/mol. The number of carbonyl (C=O) groups excluding carboxylic acids is 3. The van der Waals surface area contributed by atoms with Gasteiger partial charge in [-0.25, -0.2) is 4.39 Å². The Morgan fingerprint density at radius 2 is 1.79 bits per heavy atom. The summed E-state index contributed by atoms with van der Waals surface area (Å²) >= 11 is 7.40. The van der Waals surface area contributed by atoms with Crippen molar-refractivity contribution in [3.8, 4) is 0 Å². The van der Waals surface area contributed by atoms with Crippen LogP contribution in [0.15, 0.2) is 42.5 Å². The van der Waals surface area contributed by atoms with Crippen molar-refractivity contribution in [1.29, 1.82) is 0 Å². The van der Waals surface area contributed by atoms with Crippen LogP contribution in [0.2, 0.25) is 5.02 Å². The number of anilines is 1. The van der Waals surface area contributed by atoms with Gasteiger partial charge in [-0.3, -0.25) is 19.3 Å². The van der Waals surface area contributed by atoms with Gasteiger partial charge in [0.1, 0.15) is 10.7 Å². The monoisotopic (exact) mass is 416 g/mol. The molecule has 0 aliphatic carbocycles. The summed E-state index contributed by atoms with van der Waals surface area (Å²) in [5.74, 6) is -1.11. The average molecular weight is 417 g/mol. The van der Waals surface area contributed by atoms with E-state index in [4.69, 9.17) is 11.6 Å². The van der Waals surface area contributed by atoms with Crippen LogP contribution in [-0.4, -0.2) is 22.6 Å². The van der Waals surface area contributed by atoms with Gasteiger partial charge in [-0.15, -0.1) is 11.3 Å². The zero-order valence-electron chi connectivity index (χ0n) is 14.5. The number of fused-ring (bicyclic) bond motifs is 1. The van der Waals surface area contributed by atoms with Gasteiger partial charge in [0, 0.05) is 28.6 Å². The van der Waals surface area contributed by atoms with Crippen molar-refractivity contribution in [2.24, 2.45) is 0 Å². The molecule has 0 radical (unpaired) electrons. The number of rotatable bonds is 4. The van der Waals surface area contributed by atoms with E-state index in [-0.39, 0.29) is 42.9 Å². The average Bonchev–Trinajstić information content (AvgIpc) is 3.17. The summed E-state index contributed by atoms with van der Waals surface area (Å²) in [4.78, 5) is 37.5. The molecule has 142 valence electrons. The number of amides is 3. The van der Waals surface area contributed by atoms with Crippen molar-refractivity contribution in [2.45, 2.75) is 19.4 Å². The number of imide groups is 1. The molecule has 28 heavy (non-hydrogen) atoms. The maximum atomic E-state index is 13.4. The van der Waals surface area contributed by atoms with Gasteiger partial charge in [0.2, 0.25) is 11.8 Å². The number of thiophene rings is 1. The number of carbonyl (C=O) groups is 3. The first-order valence-electron chi connectivity index (χ1n) is 8.53. The molecule has 2 heterocycles. The molecule has 0 saturated carbocycles. The third-order valence-corrected chi connectivity index (χ3v) is 6.16. The zero-order valence-corrected chi connectivity index (χ0v) is 16.1. The summed E-state index contributed by atoms with van der Waals surface area (Å²) in [6.07, 6.45) is 0.513. The molecule has 2 aromatic carbocycles. The lowest BCUT2D eigenvalue weighted by Crippen LogP contribution is -2.28. The number of nitrogens with one attached hydrogen (secondary N) is 1. The minimum Gasteiger partial charge on any atom is -0.321 e. The third-order valence-electron chi connectivity index (χ3n) is 4.51. The van der Waals surface area contributed by atoms with E-state index in [0.29, 0.717) is 25.7 Å². The first-order chi connectivity index (χ1) is 13.4. The molecule has 1 aliphatic rings. The smallest absolute Gasteiger partial charge is 0.267 e. The molecule has 4 rings (SSSR count). The van der Waals surface area contributed by atoms with Crippen LogP contribution in [0.4, 0.5) is 10.1 Å².